The second kappa shape index (κ2) is 42.3. The van der Waals surface area contributed by atoms with Gasteiger partial charge < -0.3 is 14.2 Å². The van der Waals surface area contributed by atoms with E-state index in [1.165, 1.54) is 190 Å². The summed E-state index contributed by atoms with van der Waals surface area (Å²) in [4.78, 5) is 40.5. The number of carbonyl (C=O) groups is 3. The topological polar surface area (TPSA) is 78.9 Å². The lowest BCUT2D eigenvalue weighted by atomic mass is 9.73. The molecule has 7 rings (SSSR count). The van der Waals surface area contributed by atoms with Crippen LogP contribution in [0.15, 0.2) is 146 Å². The van der Waals surface area contributed by atoms with Crippen LogP contribution in [0.4, 0.5) is 0 Å². The fraction of sp³-hybridized carbons (Fsp3) is 0.483. The number of unbranched alkanes of at least 4 members (excludes halogenated alkanes) is 27. The Morgan fingerprint density at radius 3 is 0.548 bits per heavy atom. The Balaban J connectivity index is 1.44. The number of carbonyl (C=O) groups excluding carboxylic acids is 3. The van der Waals surface area contributed by atoms with E-state index in [2.05, 4.69) is 130 Å². The molecule has 0 aliphatic rings. The Hall–Kier alpha value is -7.05. The highest BCUT2D eigenvalue weighted by atomic mass is 16.5. The Morgan fingerprint density at radius 2 is 0.376 bits per heavy atom. The van der Waals surface area contributed by atoms with Crippen molar-refractivity contribution in [1.29, 1.82) is 0 Å². The molecule has 0 aromatic heterocycles. The minimum atomic E-state index is -0.370. The smallest absolute Gasteiger partial charge is 0.338 e. The molecule has 0 saturated heterocycles. The lowest BCUT2D eigenvalue weighted by molar-refractivity contribution is 0.0517. The average Bonchev–Trinajstić information content (AvgIpc) is 0.719. The predicted molar refractivity (Wildman–Crippen MR) is 394 cm³/mol. The van der Waals surface area contributed by atoms with E-state index in [1.54, 1.807) is 0 Å². The second-order valence-electron chi connectivity index (χ2n) is 26.0. The summed E-state index contributed by atoms with van der Waals surface area (Å²) in [5.41, 5.74) is 17.5. The van der Waals surface area contributed by atoms with Gasteiger partial charge in [-0.3, -0.25) is 0 Å². The van der Waals surface area contributed by atoms with Gasteiger partial charge >= 0.3 is 17.9 Å². The molecule has 7 aromatic carbocycles. The molecular formula is C87H114O6. The van der Waals surface area contributed by atoms with Gasteiger partial charge in [-0.2, -0.15) is 0 Å². The first-order chi connectivity index (χ1) is 45.7. The summed E-state index contributed by atoms with van der Waals surface area (Å²) in [5.74, 6) is -1.09. The minimum absolute atomic E-state index is 0.271. The maximum Gasteiger partial charge on any atom is 0.338 e. The monoisotopic (exact) mass is 1250 g/mol. The van der Waals surface area contributed by atoms with E-state index in [0.717, 1.165) is 105 Å². The van der Waals surface area contributed by atoms with Crippen LogP contribution in [0.2, 0.25) is 0 Å². The number of hydrogen-bond acceptors (Lipinski definition) is 6. The van der Waals surface area contributed by atoms with E-state index in [4.69, 9.17) is 14.2 Å². The molecule has 0 N–H and O–H groups in total. The summed E-state index contributed by atoms with van der Waals surface area (Å²) in [6, 6.07) is 51.8. The van der Waals surface area contributed by atoms with Gasteiger partial charge in [0.05, 0.1) is 36.5 Å². The zero-order chi connectivity index (χ0) is 65.7. The number of hydrogen-bond donors (Lipinski definition) is 0. The molecule has 6 nitrogen and oxygen atoms in total. The molecule has 7 aromatic rings. The standard InChI is InChI=1S/C87H114O6/c1-7-13-16-19-22-25-28-31-34-37-40-67-43-49-70(50-44-67)79-80(71-51-45-68(46-52-71)41-38-35-32-29-26-23-20-17-14-8-2)83(74-57-63-77(64-58-74)86(89)92-11-5)84(75-59-65-78(66-60-75)87(90)93-12-6)81(82(79)73-55-61-76(62-56-73)85(88)91-10-4)72-53-47-69(48-54-72)42-39-36-33-30-27-24-21-18-15-9-3/h43-66H,7-42H2,1-6H3. The lowest BCUT2D eigenvalue weighted by Gasteiger charge is -2.29. The molecule has 498 valence electrons. The van der Waals surface area contributed by atoms with E-state index in [9.17, 15) is 14.4 Å². The summed E-state index contributed by atoms with van der Waals surface area (Å²) >= 11 is 0. The molecule has 0 radical (unpaired) electrons. The highest BCUT2D eigenvalue weighted by Gasteiger charge is 2.30. The van der Waals surface area contributed by atoms with Crippen LogP contribution >= 0.6 is 0 Å². The Bertz CT molecular complexity index is 3240. The maximum atomic E-state index is 13.5. The predicted octanol–water partition coefficient (Wildman–Crippen LogP) is 25.6. The van der Waals surface area contributed by atoms with Crippen LogP contribution < -0.4 is 0 Å². The first kappa shape index (κ1) is 73.4. The van der Waals surface area contributed by atoms with Gasteiger partial charge in [-0.15, -0.1) is 0 Å². The van der Waals surface area contributed by atoms with Crippen molar-refractivity contribution < 1.29 is 28.6 Å². The molecular weight excluding hydrogens is 1140 g/mol. The Kier molecular flexibility index (Phi) is 33.4. The average molecular weight is 1260 g/mol. The van der Waals surface area contributed by atoms with Gasteiger partial charge in [0, 0.05) is 0 Å². The SMILES string of the molecule is CCCCCCCCCCCCc1ccc(-c2c(-c3ccc(CCCCCCCCCCCC)cc3)c(-c3ccc(C(=O)OCC)cc3)c(-c3ccc(C(=O)OCC)cc3)c(-c3ccc(CCCCCCCCCCCC)cc3)c2-c2ccc(C(=O)OCC)cc2)cc1. The molecule has 0 fully saturated rings. The van der Waals surface area contributed by atoms with Crippen LogP contribution in [0.1, 0.15) is 282 Å². The van der Waals surface area contributed by atoms with Crippen LogP contribution in [0.3, 0.4) is 0 Å². The maximum absolute atomic E-state index is 13.5. The molecule has 0 atom stereocenters. The van der Waals surface area contributed by atoms with Crippen molar-refractivity contribution in [3.63, 3.8) is 0 Å². The Labute approximate surface area is 562 Å². The van der Waals surface area contributed by atoms with Crippen LogP contribution in [-0.2, 0) is 33.5 Å². The highest BCUT2D eigenvalue weighted by molar-refractivity contribution is 6.15. The molecule has 0 heterocycles. The van der Waals surface area contributed by atoms with E-state index in [-0.39, 0.29) is 37.7 Å². The van der Waals surface area contributed by atoms with Crippen molar-refractivity contribution in [1.82, 2.24) is 0 Å². The van der Waals surface area contributed by atoms with Crippen molar-refractivity contribution in [2.45, 2.75) is 253 Å². The van der Waals surface area contributed by atoms with E-state index in [0.29, 0.717) is 16.7 Å². The van der Waals surface area contributed by atoms with E-state index in [1.807, 2.05) is 57.2 Å². The quantitative estimate of drug-likeness (QED) is 0.0215. The first-order valence-corrected chi connectivity index (χ1v) is 37.1. The van der Waals surface area contributed by atoms with Gasteiger partial charge in [0.2, 0.25) is 0 Å². The molecule has 0 aliphatic heterocycles. The molecule has 0 bridgehead atoms. The molecule has 6 heteroatoms. The normalized spacial score (nSPS) is 11.3. The van der Waals surface area contributed by atoms with Gasteiger partial charge in [0.25, 0.3) is 0 Å². The molecule has 0 saturated carbocycles. The zero-order valence-corrected chi connectivity index (χ0v) is 58.3. The van der Waals surface area contributed by atoms with Gasteiger partial charge in [0.15, 0.2) is 0 Å². The van der Waals surface area contributed by atoms with Crippen LogP contribution in [0.25, 0.3) is 66.8 Å². The summed E-state index contributed by atoms with van der Waals surface area (Å²) in [7, 11) is 0. The number of ether oxygens (including phenoxy) is 3. The summed E-state index contributed by atoms with van der Waals surface area (Å²) in [6.45, 7) is 13.2. The minimum Gasteiger partial charge on any atom is -0.462 e. The van der Waals surface area contributed by atoms with Crippen LogP contribution in [-0.4, -0.2) is 37.7 Å². The fourth-order valence-corrected chi connectivity index (χ4v) is 13.4. The van der Waals surface area contributed by atoms with Crippen molar-refractivity contribution in [2.75, 3.05) is 19.8 Å². The van der Waals surface area contributed by atoms with E-state index >= 15 is 0 Å². The summed E-state index contributed by atoms with van der Waals surface area (Å²) < 4.78 is 16.7. The van der Waals surface area contributed by atoms with Gasteiger partial charge in [-0.1, -0.05) is 303 Å². The molecule has 0 unspecified atom stereocenters. The second-order valence-corrected chi connectivity index (χ2v) is 26.0. The third kappa shape index (κ3) is 23.4. The van der Waals surface area contributed by atoms with E-state index < -0.39 is 0 Å². The van der Waals surface area contributed by atoms with Crippen LogP contribution in [0, 0.1) is 0 Å². The highest BCUT2D eigenvalue weighted by Crippen LogP contribution is 2.56. The fourth-order valence-electron chi connectivity index (χ4n) is 13.4. The van der Waals surface area contributed by atoms with Gasteiger partial charge in [-0.05, 0) is 179 Å². The summed E-state index contributed by atoms with van der Waals surface area (Å²) in [6.07, 6.45) is 41.9. The molecule has 93 heavy (non-hydrogen) atoms. The number of benzene rings is 7. The van der Waals surface area contributed by atoms with Crippen molar-refractivity contribution in [3.8, 4) is 66.8 Å². The first-order valence-electron chi connectivity index (χ1n) is 37.1. The molecule has 0 spiro atoms. The molecule has 0 amide bonds. The largest absolute Gasteiger partial charge is 0.462 e. The van der Waals surface area contributed by atoms with Crippen molar-refractivity contribution in [2.24, 2.45) is 0 Å². The zero-order valence-electron chi connectivity index (χ0n) is 58.3. The number of rotatable bonds is 45. The number of esters is 3. The Morgan fingerprint density at radius 1 is 0.215 bits per heavy atom. The van der Waals surface area contributed by atoms with Crippen molar-refractivity contribution in [3.05, 3.63) is 179 Å². The van der Waals surface area contributed by atoms with Gasteiger partial charge in [-0.25, -0.2) is 14.4 Å². The number of aryl methyl sites for hydroxylation is 3. The van der Waals surface area contributed by atoms with Gasteiger partial charge in [0.1, 0.15) is 0 Å². The molecule has 0 aliphatic carbocycles. The lowest BCUT2D eigenvalue weighted by Crippen LogP contribution is -2.06. The van der Waals surface area contributed by atoms with Crippen molar-refractivity contribution >= 4 is 17.9 Å². The third-order valence-electron chi connectivity index (χ3n) is 18.7. The summed E-state index contributed by atoms with van der Waals surface area (Å²) in [5, 5.41) is 0. The third-order valence-corrected chi connectivity index (χ3v) is 18.7. The van der Waals surface area contributed by atoms with Crippen LogP contribution in [0.5, 0.6) is 0 Å².